The van der Waals surface area contributed by atoms with Gasteiger partial charge in [0.15, 0.2) is 5.16 Å². The van der Waals surface area contributed by atoms with Crippen LogP contribution in [0, 0.1) is 0 Å². The van der Waals surface area contributed by atoms with E-state index in [0.717, 1.165) is 0 Å². The van der Waals surface area contributed by atoms with Crippen LogP contribution in [0.25, 0.3) is 0 Å². The maximum atomic E-state index is 11.2. The van der Waals surface area contributed by atoms with Gasteiger partial charge in [0.1, 0.15) is 0 Å². The van der Waals surface area contributed by atoms with Crippen LogP contribution in [0.3, 0.4) is 0 Å². The Balaban J connectivity index is 5.19. The first kappa shape index (κ1) is 16.0. The van der Waals surface area contributed by atoms with Crippen molar-refractivity contribution in [2.24, 2.45) is 0 Å². The summed E-state index contributed by atoms with van der Waals surface area (Å²) >= 11 is 0. The molecule has 1 atom stereocenters. The van der Waals surface area contributed by atoms with Gasteiger partial charge in [-0.3, -0.25) is 19.4 Å². The van der Waals surface area contributed by atoms with Gasteiger partial charge in [-0.2, -0.15) is 0 Å². The highest BCUT2D eigenvalue weighted by atomic mass is 31.2. The minimum Gasteiger partial charge on any atom is -0.481 e. The molecule has 0 aliphatic rings. The fourth-order valence-corrected chi connectivity index (χ4v) is 2.36. The second kappa shape index (κ2) is 6.08. The predicted molar refractivity (Wildman–Crippen MR) is 52.5 cm³/mol. The van der Waals surface area contributed by atoms with Gasteiger partial charge in [-0.05, 0) is 12.8 Å². The van der Waals surface area contributed by atoms with Gasteiger partial charge in [0.2, 0.25) is 0 Å². The first-order valence-corrected chi connectivity index (χ1v) is 6.06. The Kier molecular flexibility index (Phi) is 5.73. The third kappa shape index (κ3) is 4.06. The predicted octanol–water partition coefficient (Wildman–Crippen LogP) is -0.268. The van der Waals surface area contributed by atoms with Gasteiger partial charge in [0, 0.05) is 0 Å². The van der Waals surface area contributed by atoms with Crippen LogP contribution in [-0.2, 0) is 19.0 Å². The van der Waals surface area contributed by atoms with E-state index < -0.39 is 37.5 Å². The van der Waals surface area contributed by atoms with Crippen molar-refractivity contribution in [3.63, 3.8) is 0 Å². The van der Waals surface area contributed by atoms with E-state index >= 15 is 0 Å². The van der Waals surface area contributed by atoms with Crippen molar-refractivity contribution in [1.82, 2.24) is 0 Å². The molecular weight excluding hydrogens is 259 g/mol. The topological polar surface area (TPSA) is 162 Å². The third-order valence-corrected chi connectivity index (χ3v) is 3.91. The van der Waals surface area contributed by atoms with Crippen LogP contribution in [0.4, 0.5) is 0 Å². The Bertz CT molecular complexity index is 334. The molecule has 0 aromatic heterocycles. The highest BCUT2D eigenvalue weighted by Gasteiger charge is 2.54. The lowest BCUT2D eigenvalue weighted by Crippen LogP contribution is -2.41. The molecule has 9 nitrogen and oxygen atoms in total. The van der Waals surface area contributed by atoms with Crippen molar-refractivity contribution >= 4 is 19.5 Å². The summed E-state index contributed by atoms with van der Waals surface area (Å²) in [4.78, 5) is 43.1. The quantitative estimate of drug-likeness (QED) is 0.173. The summed E-state index contributed by atoms with van der Waals surface area (Å²) in [6, 6.07) is 0. The smallest absolute Gasteiger partial charge is 0.343 e. The molecule has 0 amide bonds. The molecule has 100 valence electrons. The molecule has 0 aromatic carbocycles. The fourth-order valence-electron chi connectivity index (χ4n) is 1.32. The van der Waals surface area contributed by atoms with E-state index in [-0.39, 0.29) is 13.0 Å². The van der Waals surface area contributed by atoms with Gasteiger partial charge in [0.05, 0.1) is 13.0 Å². The lowest BCUT2D eigenvalue weighted by Gasteiger charge is -2.28. The van der Waals surface area contributed by atoms with Crippen molar-refractivity contribution in [2.45, 2.75) is 24.4 Å². The first-order chi connectivity index (χ1) is 7.67. The Morgan fingerprint density at radius 2 is 1.76 bits per heavy atom. The molecule has 0 rings (SSSR count). The average molecular weight is 272 g/mol. The van der Waals surface area contributed by atoms with Crippen LogP contribution in [0.5, 0.6) is 0 Å². The van der Waals surface area contributed by atoms with Crippen molar-refractivity contribution in [3.05, 3.63) is 0 Å². The summed E-state index contributed by atoms with van der Waals surface area (Å²) in [5, 5.41) is 22.7. The number of hydrogen-bond acceptors (Lipinski definition) is 5. The second-order valence-electron chi connectivity index (χ2n) is 3.39. The Morgan fingerprint density at radius 3 is 2.06 bits per heavy atom. The molecule has 0 heterocycles. The third-order valence-electron chi connectivity index (χ3n) is 2.23. The second-order valence-corrected chi connectivity index (χ2v) is 5.33. The highest BCUT2D eigenvalue weighted by Crippen LogP contribution is 2.55. The van der Waals surface area contributed by atoms with Crippen LogP contribution in [-0.4, -0.2) is 49.0 Å². The van der Waals surface area contributed by atoms with Crippen LogP contribution in [0.1, 0.15) is 19.3 Å². The molecule has 0 aromatic rings. The number of aliphatic carboxylic acids is 2. The molecule has 0 saturated carbocycles. The Morgan fingerprint density at radius 1 is 1.24 bits per heavy atom. The summed E-state index contributed by atoms with van der Waals surface area (Å²) in [7, 11) is -5.17. The molecule has 0 radical (unpaired) electrons. The summed E-state index contributed by atoms with van der Waals surface area (Å²) in [5.41, 5.74) is 0. The average Bonchev–Trinajstić information content (AvgIpc) is 2.13. The number of hydrogen-bond donors (Lipinski definition) is 5. The molecular formula is C7H13O9P. The molecule has 0 spiro atoms. The van der Waals surface area contributed by atoms with E-state index in [9.17, 15) is 14.2 Å². The van der Waals surface area contributed by atoms with Crippen molar-refractivity contribution in [1.29, 1.82) is 0 Å². The van der Waals surface area contributed by atoms with Crippen LogP contribution in [0.2, 0.25) is 0 Å². The molecule has 0 bridgehead atoms. The molecule has 5 N–H and O–H groups in total. The molecule has 0 fully saturated rings. The van der Waals surface area contributed by atoms with Crippen LogP contribution in [0.15, 0.2) is 0 Å². The molecule has 0 saturated heterocycles. The van der Waals surface area contributed by atoms with Gasteiger partial charge in [-0.15, -0.1) is 0 Å². The van der Waals surface area contributed by atoms with E-state index in [0.29, 0.717) is 0 Å². The zero-order valence-corrected chi connectivity index (χ0v) is 9.54. The van der Waals surface area contributed by atoms with E-state index in [1.807, 2.05) is 0 Å². The van der Waals surface area contributed by atoms with Crippen LogP contribution < -0.4 is 0 Å². The number of carboxylic acids is 2. The van der Waals surface area contributed by atoms with Crippen molar-refractivity contribution < 1.29 is 44.3 Å². The monoisotopic (exact) mass is 272 g/mol. The molecule has 0 aliphatic carbocycles. The van der Waals surface area contributed by atoms with Gasteiger partial charge < -0.3 is 20.0 Å². The van der Waals surface area contributed by atoms with Gasteiger partial charge >= 0.3 is 19.5 Å². The van der Waals surface area contributed by atoms with E-state index in [2.05, 4.69) is 4.89 Å². The SMILES string of the molecule is O=C(O)CC(CCCOO)(C(=O)O)P(=O)(O)O. The standard InChI is InChI=1S/C7H13O9P/c8-5(9)4-7(6(10)11,17(13,14)15)2-1-3-16-12/h12H,1-4H2,(H,8,9)(H,10,11)(H2,13,14,15). The maximum Gasteiger partial charge on any atom is 0.343 e. The lowest BCUT2D eigenvalue weighted by molar-refractivity contribution is -0.243. The normalized spacial score (nSPS) is 15.2. The summed E-state index contributed by atoms with van der Waals surface area (Å²) in [6.07, 6.45) is -2.04. The molecule has 1 unspecified atom stereocenters. The summed E-state index contributed by atoms with van der Waals surface area (Å²) in [5.74, 6) is -3.54. The van der Waals surface area contributed by atoms with Crippen molar-refractivity contribution in [2.75, 3.05) is 6.61 Å². The van der Waals surface area contributed by atoms with E-state index in [4.69, 9.17) is 25.3 Å². The minimum atomic E-state index is -5.17. The minimum absolute atomic E-state index is 0.207. The van der Waals surface area contributed by atoms with Gasteiger partial charge in [-0.1, -0.05) is 0 Å². The Labute approximate surface area is 95.7 Å². The van der Waals surface area contributed by atoms with Gasteiger partial charge in [0.25, 0.3) is 0 Å². The number of carboxylic acid groups (broad SMARTS) is 2. The summed E-state index contributed by atoms with van der Waals surface area (Å²) in [6.45, 7) is -0.353. The fraction of sp³-hybridized carbons (Fsp3) is 0.714. The molecule has 0 aliphatic heterocycles. The maximum absolute atomic E-state index is 11.2. The zero-order chi connectivity index (χ0) is 13.7. The number of carbonyl (C=O) groups is 2. The first-order valence-electron chi connectivity index (χ1n) is 4.44. The van der Waals surface area contributed by atoms with E-state index in [1.54, 1.807) is 0 Å². The molecule has 17 heavy (non-hydrogen) atoms. The van der Waals surface area contributed by atoms with E-state index in [1.165, 1.54) is 0 Å². The molecule has 10 heteroatoms. The zero-order valence-electron chi connectivity index (χ0n) is 8.64. The highest BCUT2D eigenvalue weighted by molar-refractivity contribution is 7.54. The largest absolute Gasteiger partial charge is 0.481 e. The lowest BCUT2D eigenvalue weighted by atomic mass is 9.98. The van der Waals surface area contributed by atoms with Gasteiger partial charge in [-0.25, -0.2) is 4.89 Å². The Hall–Kier alpha value is -0.990. The summed E-state index contributed by atoms with van der Waals surface area (Å²) < 4.78 is 11.2. The number of rotatable bonds is 8. The van der Waals surface area contributed by atoms with Crippen molar-refractivity contribution in [3.8, 4) is 0 Å². The van der Waals surface area contributed by atoms with Crippen LogP contribution >= 0.6 is 7.60 Å².